The number of allylic oxidation sites excluding steroid dienone is 2. The fraction of sp³-hybridized carbons (Fsp3) is 0.250. The SMILES string of the molecule is O=C1CCCC=C1Nc1ccccc1Br. The molecule has 1 N–H and O–H groups in total. The molecule has 1 aliphatic rings. The second kappa shape index (κ2) is 4.62. The molecule has 0 unspecified atom stereocenters. The number of carbonyl (C=O) groups is 1. The Morgan fingerprint density at radius 2 is 2.07 bits per heavy atom. The quantitative estimate of drug-likeness (QED) is 0.887. The minimum atomic E-state index is 0.206. The van der Waals surface area contributed by atoms with Gasteiger partial charge >= 0.3 is 0 Å². The largest absolute Gasteiger partial charge is 0.352 e. The van der Waals surface area contributed by atoms with Crippen LogP contribution in [0, 0.1) is 0 Å². The van der Waals surface area contributed by atoms with Crippen LogP contribution < -0.4 is 5.32 Å². The zero-order chi connectivity index (χ0) is 10.7. The molecular weight excluding hydrogens is 254 g/mol. The monoisotopic (exact) mass is 265 g/mol. The number of anilines is 1. The average molecular weight is 266 g/mol. The Morgan fingerprint density at radius 1 is 1.27 bits per heavy atom. The molecule has 0 amide bonds. The first-order valence-electron chi connectivity index (χ1n) is 5.02. The molecule has 3 heteroatoms. The van der Waals surface area contributed by atoms with Gasteiger partial charge < -0.3 is 5.32 Å². The van der Waals surface area contributed by atoms with Crippen LogP contribution in [0.25, 0.3) is 0 Å². The second-order valence-corrected chi connectivity index (χ2v) is 4.39. The van der Waals surface area contributed by atoms with E-state index in [0.29, 0.717) is 6.42 Å². The summed E-state index contributed by atoms with van der Waals surface area (Å²) >= 11 is 3.44. The highest BCUT2D eigenvalue weighted by Crippen LogP contribution is 2.24. The highest BCUT2D eigenvalue weighted by Gasteiger charge is 2.13. The van der Waals surface area contributed by atoms with E-state index in [2.05, 4.69) is 21.2 Å². The van der Waals surface area contributed by atoms with Crippen LogP contribution in [0.15, 0.2) is 40.5 Å². The highest BCUT2D eigenvalue weighted by atomic mass is 79.9. The van der Waals surface area contributed by atoms with Crippen molar-refractivity contribution in [2.45, 2.75) is 19.3 Å². The number of nitrogens with one attached hydrogen (secondary N) is 1. The fourth-order valence-electron chi connectivity index (χ4n) is 1.59. The Bertz CT molecular complexity index is 412. The number of para-hydroxylation sites is 1. The summed E-state index contributed by atoms with van der Waals surface area (Å²) in [6, 6.07) is 7.80. The maximum Gasteiger partial charge on any atom is 0.178 e. The van der Waals surface area contributed by atoms with Crippen molar-refractivity contribution in [1.29, 1.82) is 0 Å². The molecule has 0 aromatic heterocycles. The van der Waals surface area contributed by atoms with E-state index >= 15 is 0 Å². The van der Waals surface area contributed by atoms with Crippen molar-refractivity contribution >= 4 is 27.4 Å². The molecule has 1 aromatic rings. The van der Waals surface area contributed by atoms with Crippen LogP contribution in [-0.4, -0.2) is 5.78 Å². The molecule has 0 atom stereocenters. The number of Topliss-reactive ketones (excluding diaryl/α,β-unsaturated/α-hetero) is 1. The molecule has 1 aromatic carbocycles. The highest BCUT2D eigenvalue weighted by molar-refractivity contribution is 9.10. The summed E-state index contributed by atoms with van der Waals surface area (Å²) in [7, 11) is 0. The number of hydrogen-bond donors (Lipinski definition) is 1. The predicted molar refractivity (Wildman–Crippen MR) is 64.7 cm³/mol. The molecule has 0 radical (unpaired) electrons. The fourth-order valence-corrected chi connectivity index (χ4v) is 1.97. The number of benzene rings is 1. The van der Waals surface area contributed by atoms with Gasteiger partial charge in [-0.2, -0.15) is 0 Å². The van der Waals surface area contributed by atoms with Gasteiger partial charge in [-0.3, -0.25) is 4.79 Å². The number of hydrogen-bond acceptors (Lipinski definition) is 2. The van der Waals surface area contributed by atoms with E-state index in [9.17, 15) is 4.79 Å². The molecule has 0 saturated heterocycles. The minimum Gasteiger partial charge on any atom is -0.352 e. The molecule has 0 aliphatic heterocycles. The van der Waals surface area contributed by atoms with Gasteiger partial charge in [0.15, 0.2) is 5.78 Å². The summed E-state index contributed by atoms with van der Waals surface area (Å²) in [5.74, 6) is 0.206. The third kappa shape index (κ3) is 2.48. The number of carbonyl (C=O) groups excluding carboxylic acids is 1. The molecule has 1 aliphatic carbocycles. The standard InChI is InChI=1S/C12H12BrNO/c13-9-5-1-2-6-10(9)14-11-7-3-4-8-12(11)15/h1-2,5-7,14H,3-4,8H2. The Kier molecular flexibility index (Phi) is 3.21. The van der Waals surface area contributed by atoms with Gasteiger partial charge in [-0.25, -0.2) is 0 Å². The van der Waals surface area contributed by atoms with Crippen molar-refractivity contribution in [2.75, 3.05) is 5.32 Å². The topological polar surface area (TPSA) is 29.1 Å². The van der Waals surface area contributed by atoms with Crippen LogP contribution in [0.1, 0.15) is 19.3 Å². The average Bonchev–Trinajstić information content (AvgIpc) is 2.24. The van der Waals surface area contributed by atoms with Gasteiger partial charge in [-0.05, 0) is 40.9 Å². The molecule has 0 saturated carbocycles. The summed E-state index contributed by atoms with van der Waals surface area (Å²) < 4.78 is 0.976. The van der Waals surface area contributed by atoms with Gasteiger partial charge in [-0.1, -0.05) is 18.2 Å². The van der Waals surface area contributed by atoms with E-state index in [1.165, 1.54) is 0 Å². The lowest BCUT2D eigenvalue weighted by molar-refractivity contribution is -0.115. The molecule has 0 fully saturated rings. The molecule has 2 nitrogen and oxygen atoms in total. The number of halogens is 1. The van der Waals surface area contributed by atoms with Crippen molar-refractivity contribution < 1.29 is 4.79 Å². The summed E-state index contributed by atoms with van der Waals surface area (Å²) in [6.45, 7) is 0. The van der Waals surface area contributed by atoms with E-state index < -0.39 is 0 Å². The van der Waals surface area contributed by atoms with Crippen LogP contribution in [0.3, 0.4) is 0 Å². The van der Waals surface area contributed by atoms with E-state index in [1.54, 1.807) is 0 Å². The van der Waals surface area contributed by atoms with Crippen molar-refractivity contribution in [2.24, 2.45) is 0 Å². The van der Waals surface area contributed by atoms with Crippen LogP contribution >= 0.6 is 15.9 Å². The zero-order valence-electron chi connectivity index (χ0n) is 8.29. The van der Waals surface area contributed by atoms with Gasteiger partial charge in [0.05, 0.1) is 11.4 Å². The minimum absolute atomic E-state index is 0.206. The van der Waals surface area contributed by atoms with Gasteiger partial charge in [-0.15, -0.1) is 0 Å². The summed E-state index contributed by atoms with van der Waals surface area (Å²) in [4.78, 5) is 11.6. The van der Waals surface area contributed by atoms with Crippen LogP contribution in [0.2, 0.25) is 0 Å². The Hall–Kier alpha value is -1.09. The van der Waals surface area contributed by atoms with Crippen molar-refractivity contribution in [3.63, 3.8) is 0 Å². The number of rotatable bonds is 2. The third-order valence-corrected chi connectivity index (χ3v) is 3.09. The van der Waals surface area contributed by atoms with Gasteiger partial charge in [0, 0.05) is 10.9 Å². The lowest BCUT2D eigenvalue weighted by atomic mass is 10.0. The zero-order valence-corrected chi connectivity index (χ0v) is 9.88. The maximum absolute atomic E-state index is 11.6. The Labute approximate surface area is 97.5 Å². The number of ketones is 1. The van der Waals surface area contributed by atoms with E-state index in [4.69, 9.17) is 0 Å². The van der Waals surface area contributed by atoms with Gasteiger partial charge in [0.25, 0.3) is 0 Å². The van der Waals surface area contributed by atoms with Crippen molar-refractivity contribution in [3.8, 4) is 0 Å². The van der Waals surface area contributed by atoms with Crippen LogP contribution in [0.5, 0.6) is 0 Å². The van der Waals surface area contributed by atoms with E-state index in [-0.39, 0.29) is 5.78 Å². The molecular formula is C12H12BrNO. The second-order valence-electron chi connectivity index (χ2n) is 3.54. The Balaban J connectivity index is 2.18. The van der Waals surface area contributed by atoms with Crippen molar-refractivity contribution in [1.82, 2.24) is 0 Å². The lowest BCUT2D eigenvalue weighted by Gasteiger charge is -2.14. The van der Waals surface area contributed by atoms with Crippen LogP contribution in [-0.2, 0) is 4.79 Å². The molecule has 0 bridgehead atoms. The lowest BCUT2D eigenvalue weighted by Crippen LogP contribution is -2.14. The first-order valence-corrected chi connectivity index (χ1v) is 5.81. The third-order valence-electron chi connectivity index (χ3n) is 2.40. The molecule has 0 spiro atoms. The molecule has 15 heavy (non-hydrogen) atoms. The smallest absolute Gasteiger partial charge is 0.178 e. The normalized spacial score (nSPS) is 16.1. The maximum atomic E-state index is 11.6. The Morgan fingerprint density at radius 3 is 2.80 bits per heavy atom. The summed E-state index contributed by atoms with van der Waals surface area (Å²) in [5, 5.41) is 3.16. The first kappa shape index (κ1) is 10.4. The summed E-state index contributed by atoms with van der Waals surface area (Å²) in [5.41, 5.74) is 1.67. The predicted octanol–water partition coefficient (Wildman–Crippen LogP) is 3.50. The summed E-state index contributed by atoms with van der Waals surface area (Å²) in [6.07, 6.45) is 4.59. The van der Waals surface area contributed by atoms with Crippen LogP contribution in [0.4, 0.5) is 5.69 Å². The molecule has 78 valence electrons. The molecule has 0 heterocycles. The molecule has 2 rings (SSSR count). The van der Waals surface area contributed by atoms with Crippen molar-refractivity contribution in [3.05, 3.63) is 40.5 Å². The van der Waals surface area contributed by atoms with Gasteiger partial charge in [0.2, 0.25) is 0 Å². The van der Waals surface area contributed by atoms with Gasteiger partial charge in [0.1, 0.15) is 0 Å². The van der Waals surface area contributed by atoms with E-state index in [1.807, 2.05) is 30.3 Å². The first-order chi connectivity index (χ1) is 7.27. The van der Waals surface area contributed by atoms with E-state index in [0.717, 1.165) is 28.7 Å².